The molecule has 1 fully saturated rings. The van der Waals surface area contributed by atoms with Crippen LogP contribution in [0.4, 0.5) is 0 Å². The normalized spacial score (nSPS) is 18.2. The van der Waals surface area contributed by atoms with E-state index in [1.165, 1.54) is 25.9 Å². The number of likely N-dealkylation sites (tertiary alicyclic amines) is 1. The molecule has 2 rings (SSSR count). The molecule has 0 atom stereocenters. The van der Waals surface area contributed by atoms with Crippen molar-refractivity contribution in [3.8, 4) is 0 Å². The molecule has 0 aromatic heterocycles. The Morgan fingerprint density at radius 2 is 1.74 bits per heavy atom. The first-order valence-electron chi connectivity index (χ1n) is 6.97. The Kier molecular flexibility index (Phi) is 5.52. The lowest BCUT2D eigenvalue weighted by atomic mass is 10.0. The van der Waals surface area contributed by atoms with Crippen molar-refractivity contribution in [1.29, 1.82) is 0 Å². The number of nitrogens with one attached hydrogen (secondary N) is 1. The summed E-state index contributed by atoms with van der Waals surface area (Å²) in [5.74, 6) is 0. The molecule has 1 saturated heterocycles. The predicted octanol–water partition coefficient (Wildman–Crippen LogP) is 3.96. The van der Waals surface area contributed by atoms with E-state index >= 15 is 0 Å². The molecule has 2 nitrogen and oxygen atoms in total. The fourth-order valence-corrected chi connectivity index (χ4v) is 3.17. The van der Waals surface area contributed by atoms with Crippen LogP contribution in [0.2, 0.25) is 10.0 Å². The van der Waals surface area contributed by atoms with Gasteiger partial charge in [0.05, 0.1) is 0 Å². The monoisotopic (exact) mass is 300 g/mol. The number of hydrogen-bond acceptors (Lipinski definition) is 2. The molecule has 106 valence electrons. The predicted molar refractivity (Wildman–Crippen MR) is 83.0 cm³/mol. The van der Waals surface area contributed by atoms with Crippen molar-refractivity contribution in [3.05, 3.63) is 33.8 Å². The highest BCUT2D eigenvalue weighted by molar-refractivity contribution is 6.34. The smallest absolute Gasteiger partial charge is 0.0424 e. The van der Waals surface area contributed by atoms with E-state index in [9.17, 15) is 0 Å². The first-order chi connectivity index (χ1) is 9.04. The third kappa shape index (κ3) is 4.64. The number of piperidine rings is 1. The number of hydrogen-bond donors (Lipinski definition) is 1. The van der Waals surface area contributed by atoms with Gasteiger partial charge in [0, 0.05) is 28.7 Å². The van der Waals surface area contributed by atoms with Crippen molar-refractivity contribution in [2.24, 2.45) is 0 Å². The second-order valence-electron chi connectivity index (χ2n) is 5.56. The van der Waals surface area contributed by atoms with E-state index in [-0.39, 0.29) is 0 Å². The lowest BCUT2D eigenvalue weighted by Crippen LogP contribution is -2.44. The van der Waals surface area contributed by atoms with Crippen molar-refractivity contribution in [3.63, 3.8) is 0 Å². The number of halogens is 2. The van der Waals surface area contributed by atoms with Crippen LogP contribution in [-0.2, 0) is 6.54 Å². The summed E-state index contributed by atoms with van der Waals surface area (Å²) in [7, 11) is 0. The van der Waals surface area contributed by atoms with Gasteiger partial charge in [-0.15, -0.1) is 0 Å². The van der Waals surface area contributed by atoms with Gasteiger partial charge in [-0.2, -0.15) is 0 Å². The Bertz CT molecular complexity index is 392. The van der Waals surface area contributed by atoms with Crippen molar-refractivity contribution in [2.45, 2.75) is 45.3 Å². The Morgan fingerprint density at radius 1 is 1.16 bits per heavy atom. The van der Waals surface area contributed by atoms with Gasteiger partial charge in [0.2, 0.25) is 0 Å². The zero-order valence-electron chi connectivity index (χ0n) is 11.6. The van der Waals surface area contributed by atoms with E-state index in [0.717, 1.165) is 12.1 Å². The van der Waals surface area contributed by atoms with Gasteiger partial charge in [-0.1, -0.05) is 23.2 Å². The van der Waals surface area contributed by atoms with Crippen LogP contribution in [0.3, 0.4) is 0 Å². The number of rotatable bonds is 4. The van der Waals surface area contributed by atoms with E-state index in [2.05, 4.69) is 24.1 Å². The van der Waals surface area contributed by atoms with Crippen LogP contribution in [0, 0.1) is 0 Å². The van der Waals surface area contributed by atoms with Crippen LogP contribution in [0.25, 0.3) is 0 Å². The van der Waals surface area contributed by atoms with Gasteiger partial charge >= 0.3 is 0 Å². The van der Waals surface area contributed by atoms with Crippen LogP contribution < -0.4 is 5.32 Å². The highest BCUT2D eigenvalue weighted by Gasteiger charge is 2.20. The first kappa shape index (κ1) is 15.1. The molecule has 1 aromatic carbocycles. The second-order valence-corrected chi connectivity index (χ2v) is 6.44. The molecule has 0 spiro atoms. The molecule has 1 aliphatic heterocycles. The molecule has 4 heteroatoms. The third-order valence-corrected chi connectivity index (χ3v) is 4.21. The van der Waals surface area contributed by atoms with Crippen molar-refractivity contribution >= 4 is 23.2 Å². The zero-order chi connectivity index (χ0) is 13.8. The van der Waals surface area contributed by atoms with Gasteiger partial charge in [-0.25, -0.2) is 0 Å². The summed E-state index contributed by atoms with van der Waals surface area (Å²) in [4.78, 5) is 2.54. The molecule has 1 aromatic rings. The average molecular weight is 301 g/mol. The Balaban J connectivity index is 1.80. The molecular formula is C15H22Cl2N2. The summed E-state index contributed by atoms with van der Waals surface area (Å²) in [6, 6.07) is 6.99. The molecular weight excluding hydrogens is 279 g/mol. The first-order valence-corrected chi connectivity index (χ1v) is 7.72. The number of nitrogens with zero attached hydrogens (tertiary/aromatic N) is 1. The van der Waals surface area contributed by atoms with Crippen LogP contribution >= 0.6 is 23.2 Å². The molecule has 0 aliphatic carbocycles. The van der Waals surface area contributed by atoms with E-state index in [4.69, 9.17) is 23.2 Å². The zero-order valence-corrected chi connectivity index (χ0v) is 13.1. The number of benzene rings is 1. The largest absolute Gasteiger partial charge is 0.310 e. The minimum atomic E-state index is 0.604. The summed E-state index contributed by atoms with van der Waals surface area (Å²) >= 11 is 12.0. The van der Waals surface area contributed by atoms with E-state index < -0.39 is 0 Å². The molecule has 0 amide bonds. The van der Waals surface area contributed by atoms with E-state index in [0.29, 0.717) is 22.1 Å². The van der Waals surface area contributed by atoms with E-state index in [1.807, 2.05) is 12.1 Å². The Labute approximate surface area is 126 Å². The highest BCUT2D eigenvalue weighted by Crippen LogP contribution is 2.19. The molecule has 0 radical (unpaired) electrons. The van der Waals surface area contributed by atoms with Gasteiger partial charge < -0.3 is 10.2 Å². The molecule has 1 heterocycles. The SMILES string of the molecule is CC(C)N1CCC(NCc2cc(Cl)cc(Cl)c2)CC1. The molecule has 1 N–H and O–H groups in total. The van der Waals surface area contributed by atoms with Gasteiger partial charge in [0.1, 0.15) is 0 Å². The average Bonchev–Trinajstić information content (AvgIpc) is 2.36. The summed E-state index contributed by atoms with van der Waals surface area (Å²) in [6.45, 7) is 7.74. The van der Waals surface area contributed by atoms with Crippen LogP contribution in [0.5, 0.6) is 0 Å². The van der Waals surface area contributed by atoms with Gasteiger partial charge in [0.25, 0.3) is 0 Å². The summed E-state index contributed by atoms with van der Waals surface area (Å²) in [5.41, 5.74) is 1.16. The topological polar surface area (TPSA) is 15.3 Å². The maximum atomic E-state index is 6.01. The standard InChI is InChI=1S/C15H22Cl2N2/c1-11(2)19-5-3-15(4-6-19)18-10-12-7-13(16)9-14(17)8-12/h7-9,11,15,18H,3-6,10H2,1-2H3. The van der Waals surface area contributed by atoms with Crippen molar-refractivity contribution < 1.29 is 0 Å². The fraction of sp³-hybridized carbons (Fsp3) is 0.600. The fourth-order valence-electron chi connectivity index (χ4n) is 2.60. The maximum absolute atomic E-state index is 6.01. The maximum Gasteiger partial charge on any atom is 0.0424 e. The Morgan fingerprint density at radius 3 is 2.26 bits per heavy atom. The van der Waals surface area contributed by atoms with Gasteiger partial charge in [0.15, 0.2) is 0 Å². The molecule has 0 unspecified atom stereocenters. The third-order valence-electron chi connectivity index (χ3n) is 3.78. The second kappa shape index (κ2) is 6.94. The highest BCUT2D eigenvalue weighted by atomic mass is 35.5. The molecule has 1 aliphatic rings. The van der Waals surface area contributed by atoms with Crippen molar-refractivity contribution in [2.75, 3.05) is 13.1 Å². The van der Waals surface area contributed by atoms with E-state index in [1.54, 1.807) is 6.07 Å². The molecule has 0 bridgehead atoms. The summed E-state index contributed by atoms with van der Waals surface area (Å²) in [5, 5.41) is 5.02. The minimum absolute atomic E-state index is 0.604. The lowest BCUT2D eigenvalue weighted by molar-refractivity contribution is 0.161. The van der Waals surface area contributed by atoms with Crippen molar-refractivity contribution in [1.82, 2.24) is 10.2 Å². The van der Waals surface area contributed by atoms with Gasteiger partial charge in [-0.3, -0.25) is 0 Å². The van der Waals surface area contributed by atoms with Crippen LogP contribution in [0.15, 0.2) is 18.2 Å². The summed E-state index contributed by atoms with van der Waals surface area (Å²) in [6.07, 6.45) is 2.43. The molecule has 0 saturated carbocycles. The molecule has 19 heavy (non-hydrogen) atoms. The minimum Gasteiger partial charge on any atom is -0.310 e. The Hall–Kier alpha value is -0.280. The quantitative estimate of drug-likeness (QED) is 0.905. The lowest BCUT2D eigenvalue weighted by Gasteiger charge is -2.35. The van der Waals surface area contributed by atoms with Crippen LogP contribution in [-0.4, -0.2) is 30.1 Å². The summed E-state index contributed by atoms with van der Waals surface area (Å²) < 4.78 is 0. The van der Waals surface area contributed by atoms with Gasteiger partial charge in [-0.05, 0) is 63.5 Å². The van der Waals surface area contributed by atoms with Crippen LogP contribution in [0.1, 0.15) is 32.3 Å².